The van der Waals surface area contributed by atoms with Crippen molar-refractivity contribution >= 4 is 11.9 Å². The van der Waals surface area contributed by atoms with Crippen molar-refractivity contribution in [2.24, 2.45) is 0 Å². The third kappa shape index (κ3) is 4.64. The van der Waals surface area contributed by atoms with E-state index >= 15 is 0 Å². The molecule has 0 spiro atoms. The average molecular weight is 282 g/mol. The molecule has 0 saturated heterocycles. The molecule has 20 heavy (non-hydrogen) atoms. The molecule has 0 aromatic heterocycles. The lowest BCUT2D eigenvalue weighted by atomic mass is 10.0. The van der Waals surface area contributed by atoms with Crippen LogP contribution < -0.4 is 0 Å². The summed E-state index contributed by atoms with van der Waals surface area (Å²) in [7, 11) is 0. The largest absolute Gasteiger partial charge is 0.481 e. The summed E-state index contributed by atoms with van der Waals surface area (Å²) >= 11 is 0. The Bertz CT molecular complexity index is 453. The maximum Gasteiger partial charge on any atom is 0.338 e. The summed E-state index contributed by atoms with van der Waals surface area (Å²) in [5, 5.41) is 28.0. The Hall–Kier alpha value is -1.92. The van der Waals surface area contributed by atoms with Crippen LogP contribution in [0, 0.1) is 0 Å². The first kappa shape index (κ1) is 16.1. The summed E-state index contributed by atoms with van der Waals surface area (Å²) in [4.78, 5) is 21.8. The van der Waals surface area contributed by atoms with E-state index in [0.29, 0.717) is 12.0 Å². The second-order valence-electron chi connectivity index (χ2n) is 4.28. The highest BCUT2D eigenvalue weighted by molar-refractivity contribution is 5.75. The number of aliphatic hydroxyl groups excluding tert-OH is 2. The second kappa shape index (κ2) is 7.62. The molecule has 6 heteroatoms. The van der Waals surface area contributed by atoms with Crippen molar-refractivity contribution in [2.75, 3.05) is 6.61 Å². The molecular weight excluding hydrogens is 264 g/mol. The molecule has 0 fully saturated rings. The summed E-state index contributed by atoms with van der Waals surface area (Å²) < 4.78 is 4.62. The van der Waals surface area contributed by atoms with Crippen molar-refractivity contribution in [3.8, 4) is 0 Å². The van der Waals surface area contributed by atoms with Crippen LogP contribution in [-0.4, -0.2) is 40.0 Å². The molecule has 0 heterocycles. The number of carbonyl (C=O) groups is 2. The summed E-state index contributed by atoms with van der Waals surface area (Å²) in [5.74, 6) is -1.76. The van der Waals surface area contributed by atoms with Gasteiger partial charge in [-0.2, -0.15) is 0 Å². The Balaban J connectivity index is 2.67. The number of carboxylic acid groups (broad SMARTS) is 1. The van der Waals surface area contributed by atoms with E-state index in [2.05, 4.69) is 4.74 Å². The number of esters is 1. The fourth-order valence-electron chi connectivity index (χ4n) is 1.67. The molecule has 6 nitrogen and oxygen atoms in total. The van der Waals surface area contributed by atoms with Crippen LogP contribution in [0.3, 0.4) is 0 Å². The normalized spacial score (nSPS) is 13.6. The smallest absolute Gasteiger partial charge is 0.338 e. The van der Waals surface area contributed by atoms with Gasteiger partial charge in [0.05, 0.1) is 6.61 Å². The van der Waals surface area contributed by atoms with Crippen molar-refractivity contribution in [3.05, 3.63) is 35.4 Å². The molecule has 0 saturated carbocycles. The number of aliphatic carboxylic acids is 1. The lowest BCUT2D eigenvalue weighted by Crippen LogP contribution is -2.29. The van der Waals surface area contributed by atoms with Crippen LogP contribution in [0.5, 0.6) is 0 Å². The number of rotatable bonds is 7. The van der Waals surface area contributed by atoms with Gasteiger partial charge in [-0.05, 0) is 24.5 Å². The zero-order chi connectivity index (χ0) is 15.1. The van der Waals surface area contributed by atoms with Gasteiger partial charge in [-0.15, -0.1) is 0 Å². The highest BCUT2D eigenvalue weighted by Gasteiger charge is 2.26. The van der Waals surface area contributed by atoms with Crippen LogP contribution in [-0.2, 0) is 20.7 Å². The predicted molar refractivity (Wildman–Crippen MR) is 70.0 cm³/mol. The first-order valence-corrected chi connectivity index (χ1v) is 6.29. The highest BCUT2D eigenvalue weighted by atomic mass is 16.5. The first-order valence-electron chi connectivity index (χ1n) is 6.29. The SMILES string of the molecule is CCOC(=O)C(O)C(O)c1ccc(CCC(=O)O)cc1. The molecule has 0 amide bonds. The molecule has 2 atom stereocenters. The Morgan fingerprint density at radius 1 is 1.20 bits per heavy atom. The number of carbonyl (C=O) groups excluding carboxylic acids is 1. The van der Waals surface area contributed by atoms with E-state index in [0.717, 1.165) is 5.56 Å². The van der Waals surface area contributed by atoms with Crippen LogP contribution in [0.15, 0.2) is 24.3 Å². The number of hydrogen-bond acceptors (Lipinski definition) is 5. The lowest BCUT2D eigenvalue weighted by molar-refractivity contribution is -0.159. The molecule has 0 aliphatic heterocycles. The van der Waals surface area contributed by atoms with E-state index in [-0.39, 0.29) is 13.0 Å². The number of aliphatic hydroxyl groups is 2. The van der Waals surface area contributed by atoms with Crippen molar-refractivity contribution in [1.82, 2.24) is 0 Å². The van der Waals surface area contributed by atoms with Gasteiger partial charge in [0.1, 0.15) is 6.10 Å². The second-order valence-corrected chi connectivity index (χ2v) is 4.28. The van der Waals surface area contributed by atoms with Crippen molar-refractivity contribution in [1.29, 1.82) is 0 Å². The van der Waals surface area contributed by atoms with E-state index in [1.165, 1.54) is 0 Å². The fraction of sp³-hybridized carbons (Fsp3) is 0.429. The van der Waals surface area contributed by atoms with Crippen molar-refractivity contribution < 1.29 is 29.6 Å². The molecule has 2 unspecified atom stereocenters. The average Bonchev–Trinajstić information content (AvgIpc) is 2.44. The van der Waals surface area contributed by atoms with Gasteiger partial charge in [-0.1, -0.05) is 24.3 Å². The predicted octanol–water partition coefficient (Wildman–Crippen LogP) is 0.661. The number of aryl methyl sites for hydroxylation is 1. The van der Waals surface area contributed by atoms with Crippen molar-refractivity contribution in [2.45, 2.75) is 32.0 Å². The molecule has 3 N–H and O–H groups in total. The van der Waals surface area contributed by atoms with E-state index in [1.54, 1.807) is 31.2 Å². The minimum atomic E-state index is -1.64. The van der Waals surface area contributed by atoms with Gasteiger partial charge in [0, 0.05) is 6.42 Å². The van der Waals surface area contributed by atoms with Gasteiger partial charge in [-0.3, -0.25) is 4.79 Å². The van der Waals surface area contributed by atoms with E-state index < -0.39 is 24.1 Å². The van der Waals surface area contributed by atoms with Gasteiger partial charge in [0.15, 0.2) is 6.10 Å². The maximum absolute atomic E-state index is 11.3. The summed E-state index contributed by atoms with van der Waals surface area (Å²) in [6.07, 6.45) is -2.61. The molecular formula is C14H18O6. The monoisotopic (exact) mass is 282 g/mol. The van der Waals surface area contributed by atoms with Gasteiger partial charge in [0.25, 0.3) is 0 Å². The molecule has 110 valence electrons. The van der Waals surface area contributed by atoms with Crippen LogP contribution >= 0.6 is 0 Å². The molecule has 0 radical (unpaired) electrons. The van der Waals surface area contributed by atoms with Crippen molar-refractivity contribution in [3.63, 3.8) is 0 Å². The molecule has 1 aromatic rings. The Morgan fingerprint density at radius 2 is 1.80 bits per heavy atom. The third-order valence-electron chi connectivity index (χ3n) is 2.78. The van der Waals surface area contributed by atoms with E-state index in [1.807, 2.05) is 0 Å². The van der Waals surface area contributed by atoms with E-state index in [4.69, 9.17) is 5.11 Å². The van der Waals surface area contributed by atoms with Gasteiger partial charge < -0.3 is 20.1 Å². The number of ether oxygens (including phenoxy) is 1. The molecule has 1 aromatic carbocycles. The summed E-state index contributed by atoms with van der Waals surface area (Å²) in [6.45, 7) is 1.73. The van der Waals surface area contributed by atoms with Gasteiger partial charge in [-0.25, -0.2) is 4.79 Å². The Morgan fingerprint density at radius 3 is 2.30 bits per heavy atom. The minimum Gasteiger partial charge on any atom is -0.481 e. The van der Waals surface area contributed by atoms with Crippen LogP contribution in [0.1, 0.15) is 30.6 Å². The topological polar surface area (TPSA) is 104 Å². The van der Waals surface area contributed by atoms with Gasteiger partial charge in [0.2, 0.25) is 0 Å². The maximum atomic E-state index is 11.3. The fourth-order valence-corrected chi connectivity index (χ4v) is 1.67. The first-order chi connectivity index (χ1) is 9.45. The Labute approximate surface area is 116 Å². The number of carboxylic acids is 1. The highest BCUT2D eigenvalue weighted by Crippen LogP contribution is 2.19. The van der Waals surface area contributed by atoms with E-state index in [9.17, 15) is 19.8 Å². The Kier molecular flexibility index (Phi) is 6.14. The molecule has 0 aliphatic carbocycles. The summed E-state index contributed by atoms with van der Waals surface area (Å²) in [5.41, 5.74) is 1.17. The molecule has 0 bridgehead atoms. The van der Waals surface area contributed by atoms with Crippen LogP contribution in [0.4, 0.5) is 0 Å². The standard InChI is InChI=1S/C14H18O6/c1-2-20-14(19)13(18)12(17)10-6-3-9(4-7-10)5-8-11(15)16/h3-4,6-7,12-13,17-18H,2,5,8H2,1H3,(H,15,16). The lowest BCUT2D eigenvalue weighted by Gasteiger charge is -2.16. The zero-order valence-electron chi connectivity index (χ0n) is 11.2. The zero-order valence-corrected chi connectivity index (χ0v) is 11.2. The van der Waals surface area contributed by atoms with Gasteiger partial charge >= 0.3 is 11.9 Å². The van der Waals surface area contributed by atoms with Crippen LogP contribution in [0.2, 0.25) is 0 Å². The third-order valence-corrected chi connectivity index (χ3v) is 2.78. The quantitative estimate of drug-likeness (QED) is 0.635. The number of hydrogen-bond donors (Lipinski definition) is 3. The summed E-state index contributed by atoms with van der Waals surface area (Å²) in [6, 6.07) is 6.40. The van der Waals surface area contributed by atoms with Crippen LogP contribution in [0.25, 0.3) is 0 Å². The number of benzene rings is 1. The minimum absolute atomic E-state index is 0.0212. The molecule has 1 rings (SSSR count). The molecule has 0 aliphatic rings.